The monoisotopic (exact) mass is 157 g/mol. The highest BCUT2D eigenvalue weighted by atomic mass is 16.6. The van der Waals surface area contributed by atoms with Gasteiger partial charge in [0.05, 0.1) is 19.3 Å². The first-order valence-corrected chi connectivity index (χ1v) is 4.04. The van der Waals surface area contributed by atoms with Crippen molar-refractivity contribution in [2.75, 3.05) is 13.2 Å². The van der Waals surface area contributed by atoms with Gasteiger partial charge >= 0.3 is 6.47 Å². The fourth-order valence-corrected chi connectivity index (χ4v) is 0.999. The van der Waals surface area contributed by atoms with Crippen LogP contribution in [0.15, 0.2) is 0 Å². The summed E-state index contributed by atoms with van der Waals surface area (Å²) in [6.45, 7) is 2.86. The zero-order chi connectivity index (χ0) is 7.94. The maximum absolute atomic E-state index is 9.59. The van der Waals surface area contributed by atoms with Gasteiger partial charge in [0, 0.05) is 0 Å². The zero-order valence-electron chi connectivity index (χ0n) is 6.54. The molecule has 0 amide bonds. The van der Waals surface area contributed by atoms with Crippen molar-refractivity contribution in [2.45, 2.75) is 31.8 Å². The van der Waals surface area contributed by atoms with E-state index in [-0.39, 0.29) is 0 Å². The molecule has 1 aliphatic rings. The molecule has 11 heavy (non-hydrogen) atoms. The van der Waals surface area contributed by atoms with Gasteiger partial charge < -0.3 is 9.47 Å². The summed E-state index contributed by atoms with van der Waals surface area (Å²) in [5.74, 6) is 0. The van der Waals surface area contributed by atoms with Crippen molar-refractivity contribution in [1.29, 1.82) is 0 Å². The molecule has 1 atom stereocenters. The summed E-state index contributed by atoms with van der Waals surface area (Å²) in [6, 6.07) is 0. The van der Waals surface area contributed by atoms with Crippen LogP contribution < -0.4 is 0 Å². The molecule has 0 aliphatic carbocycles. The van der Waals surface area contributed by atoms with Crippen LogP contribution in [0.3, 0.4) is 0 Å². The molecule has 1 aliphatic heterocycles. The van der Waals surface area contributed by atoms with Crippen molar-refractivity contribution >= 4 is 6.47 Å². The van der Waals surface area contributed by atoms with E-state index in [1.807, 2.05) is 0 Å². The van der Waals surface area contributed by atoms with E-state index < -0.39 is 0 Å². The van der Waals surface area contributed by atoms with E-state index in [1.165, 1.54) is 12.9 Å². The summed E-state index contributed by atoms with van der Waals surface area (Å²) in [4.78, 5) is 9.59. The van der Waals surface area contributed by atoms with Crippen LogP contribution in [0.5, 0.6) is 0 Å². The molecule has 0 spiro atoms. The summed E-state index contributed by atoms with van der Waals surface area (Å²) in [7, 11) is 0. The number of hydrogen-bond donors (Lipinski definition) is 0. The molecule has 1 saturated heterocycles. The van der Waals surface area contributed by atoms with Crippen LogP contribution >= 0.6 is 0 Å². The van der Waals surface area contributed by atoms with Gasteiger partial charge in [0.2, 0.25) is 0 Å². The highest BCUT2D eigenvalue weighted by molar-refractivity contribution is 5.37. The largest absolute Gasteiger partial charge is 0.457 e. The van der Waals surface area contributed by atoms with Crippen LogP contribution in [-0.4, -0.2) is 25.8 Å². The lowest BCUT2D eigenvalue weighted by atomic mass is 10.2. The second-order valence-electron chi connectivity index (χ2n) is 2.74. The highest BCUT2D eigenvalue weighted by Crippen LogP contribution is 2.16. The fraction of sp³-hybridized carbons (Fsp3) is 0.875. The molecule has 63 valence electrons. The first-order chi connectivity index (χ1) is 5.43. The Kier molecular flexibility index (Phi) is 3.98. The van der Waals surface area contributed by atoms with Gasteiger partial charge in [0.25, 0.3) is 0 Å². The van der Waals surface area contributed by atoms with Crippen molar-refractivity contribution in [1.82, 2.24) is 0 Å². The molecule has 3 nitrogen and oxygen atoms in total. The normalized spacial score (nSPS) is 21.3. The molecular weight excluding hydrogens is 144 g/mol. The third-order valence-electron chi connectivity index (χ3n) is 1.73. The SMILES string of the molecule is O=[C]OCCCCCC1CO1. The first-order valence-electron chi connectivity index (χ1n) is 4.04. The van der Waals surface area contributed by atoms with Crippen molar-refractivity contribution in [3.63, 3.8) is 0 Å². The summed E-state index contributed by atoms with van der Waals surface area (Å²) in [5, 5.41) is 0. The van der Waals surface area contributed by atoms with Gasteiger partial charge in [-0.2, -0.15) is 0 Å². The number of hydrogen-bond acceptors (Lipinski definition) is 3. The molecule has 1 heterocycles. The fourth-order valence-electron chi connectivity index (χ4n) is 0.999. The van der Waals surface area contributed by atoms with Crippen LogP contribution in [0.4, 0.5) is 0 Å². The number of rotatable bonds is 7. The predicted molar refractivity (Wildman–Crippen MR) is 39.9 cm³/mol. The van der Waals surface area contributed by atoms with E-state index in [1.54, 1.807) is 0 Å². The Morgan fingerprint density at radius 2 is 2.27 bits per heavy atom. The number of ether oxygens (including phenoxy) is 2. The van der Waals surface area contributed by atoms with Gasteiger partial charge in [0.15, 0.2) is 0 Å². The van der Waals surface area contributed by atoms with Gasteiger partial charge in [-0.1, -0.05) is 6.42 Å². The Hall–Kier alpha value is -0.570. The third-order valence-corrected chi connectivity index (χ3v) is 1.73. The van der Waals surface area contributed by atoms with Gasteiger partial charge in [-0.15, -0.1) is 0 Å². The minimum Gasteiger partial charge on any atom is -0.457 e. The van der Waals surface area contributed by atoms with E-state index in [0.717, 1.165) is 25.9 Å². The van der Waals surface area contributed by atoms with Crippen molar-refractivity contribution in [3.05, 3.63) is 0 Å². The molecular formula is C8H13O3. The second kappa shape index (κ2) is 5.13. The average Bonchev–Trinajstić information content (AvgIpc) is 2.80. The summed E-state index contributed by atoms with van der Waals surface area (Å²) < 4.78 is 9.46. The Labute approximate surface area is 66.7 Å². The predicted octanol–water partition coefficient (Wildman–Crippen LogP) is 1.03. The summed E-state index contributed by atoms with van der Waals surface area (Å²) >= 11 is 0. The Morgan fingerprint density at radius 1 is 1.45 bits per heavy atom. The van der Waals surface area contributed by atoms with Gasteiger partial charge in [-0.25, -0.2) is 4.79 Å². The second-order valence-corrected chi connectivity index (χ2v) is 2.74. The molecule has 0 bridgehead atoms. The van der Waals surface area contributed by atoms with E-state index in [2.05, 4.69) is 4.74 Å². The van der Waals surface area contributed by atoms with Crippen LogP contribution in [-0.2, 0) is 14.3 Å². The van der Waals surface area contributed by atoms with Crippen LogP contribution in [0.25, 0.3) is 0 Å². The van der Waals surface area contributed by atoms with E-state index in [4.69, 9.17) is 4.74 Å². The van der Waals surface area contributed by atoms with E-state index in [0.29, 0.717) is 12.7 Å². The standard InChI is InChI=1S/C8H13O3/c9-7-10-5-3-1-2-4-8-6-11-8/h8H,1-6H2. The number of epoxide rings is 1. The molecule has 1 radical (unpaired) electrons. The lowest BCUT2D eigenvalue weighted by molar-refractivity contribution is 0.267. The zero-order valence-corrected chi connectivity index (χ0v) is 6.54. The maximum Gasteiger partial charge on any atom is 0.417 e. The first kappa shape index (κ1) is 8.53. The van der Waals surface area contributed by atoms with Crippen LogP contribution in [0.1, 0.15) is 25.7 Å². The van der Waals surface area contributed by atoms with E-state index in [9.17, 15) is 4.79 Å². The lowest BCUT2D eigenvalue weighted by Gasteiger charge is -1.96. The Morgan fingerprint density at radius 3 is 2.91 bits per heavy atom. The molecule has 0 N–H and O–H groups in total. The van der Waals surface area contributed by atoms with Crippen molar-refractivity contribution in [2.24, 2.45) is 0 Å². The average molecular weight is 157 g/mol. The minimum atomic E-state index is 0.509. The number of unbranched alkanes of at least 4 members (excludes halogenated alkanes) is 2. The third kappa shape index (κ3) is 4.79. The molecule has 0 saturated carbocycles. The Balaban J connectivity index is 1.69. The smallest absolute Gasteiger partial charge is 0.417 e. The highest BCUT2D eigenvalue weighted by Gasteiger charge is 2.20. The molecule has 1 rings (SSSR count). The van der Waals surface area contributed by atoms with Gasteiger partial charge in [0.1, 0.15) is 0 Å². The summed E-state index contributed by atoms with van der Waals surface area (Å²) in [5.41, 5.74) is 0. The van der Waals surface area contributed by atoms with Gasteiger partial charge in [-0.3, -0.25) is 0 Å². The van der Waals surface area contributed by atoms with Gasteiger partial charge in [-0.05, 0) is 19.3 Å². The van der Waals surface area contributed by atoms with E-state index >= 15 is 0 Å². The molecule has 0 aromatic carbocycles. The minimum absolute atomic E-state index is 0.509. The van der Waals surface area contributed by atoms with Crippen molar-refractivity contribution in [3.8, 4) is 0 Å². The molecule has 1 unspecified atom stereocenters. The van der Waals surface area contributed by atoms with Crippen LogP contribution in [0, 0.1) is 0 Å². The molecule has 3 heteroatoms. The molecule has 0 aromatic rings. The molecule has 1 fully saturated rings. The van der Waals surface area contributed by atoms with Crippen LogP contribution in [0.2, 0.25) is 0 Å². The maximum atomic E-state index is 9.59. The quantitative estimate of drug-likeness (QED) is 0.409. The topological polar surface area (TPSA) is 38.8 Å². The molecule has 0 aromatic heterocycles. The Bertz CT molecular complexity index is 110. The lowest BCUT2D eigenvalue weighted by Crippen LogP contribution is -1.92. The number of carbonyl (C=O) groups excluding carboxylic acids is 1. The van der Waals surface area contributed by atoms with Crippen molar-refractivity contribution < 1.29 is 14.3 Å². The summed E-state index contributed by atoms with van der Waals surface area (Å²) in [6.07, 6.45) is 4.93.